The Balaban J connectivity index is 1.42. The van der Waals surface area contributed by atoms with Crippen LogP contribution in [0.15, 0.2) is 102 Å². The molecule has 1 unspecified atom stereocenters. The second kappa shape index (κ2) is 13.4. The molecule has 7 nitrogen and oxygen atoms in total. The van der Waals surface area contributed by atoms with E-state index < -0.39 is 33.4 Å². The van der Waals surface area contributed by atoms with Crippen LogP contribution in [0.1, 0.15) is 59.4 Å². The normalized spacial score (nSPS) is 12.6. The number of nitrogens with one attached hydrogen (secondary N) is 1. The fourth-order valence-corrected chi connectivity index (χ4v) is 5.54. The van der Waals surface area contributed by atoms with E-state index in [1.165, 1.54) is 17.7 Å². The smallest absolute Gasteiger partial charge is 0.266 e. The lowest BCUT2D eigenvalue weighted by molar-refractivity contribution is 0.0956. The monoisotopic (exact) mass is 644 g/mol. The third kappa shape index (κ3) is 8.13. The fraction of sp³-hybridized carbons (Fsp3) is 0.222. The molecule has 1 heterocycles. The number of amides is 1. The number of halogens is 2. The predicted octanol–water partition coefficient (Wildman–Crippen LogP) is 7.58. The van der Waals surface area contributed by atoms with Crippen LogP contribution in [0, 0.1) is 11.6 Å². The summed E-state index contributed by atoms with van der Waals surface area (Å²) < 4.78 is 64.6. The summed E-state index contributed by atoms with van der Waals surface area (Å²) in [6.45, 7) is 6.24. The molecule has 0 radical (unpaired) electrons. The van der Waals surface area contributed by atoms with E-state index in [9.17, 15) is 22.0 Å². The minimum Gasteiger partial charge on any atom is -0.356 e. The Labute approximate surface area is 267 Å². The summed E-state index contributed by atoms with van der Waals surface area (Å²) >= 11 is 0. The van der Waals surface area contributed by atoms with Gasteiger partial charge in [-0.2, -0.15) is 8.42 Å². The Bertz CT molecular complexity index is 1950. The maximum atomic E-state index is 14.5. The molecule has 238 valence electrons. The third-order valence-corrected chi connectivity index (χ3v) is 8.48. The van der Waals surface area contributed by atoms with Gasteiger partial charge in [0, 0.05) is 41.3 Å². The average Bonchev–Trinajstić information content (AvgIpc) is 3.49. The summed E-state index contributed by atoms with van der Waals surface area (Å²) in [5.74, 6) is -2.04. The van der Waals surface area contributed by atoms with E-state index in [4.69, 9.17) is 9.08 Å². The van der Waals surface area contributed by atoms with Gasteiger partial charge in [0.1, 0.15) is 11.6 Å². The highest BCUT2D eigenvalue weighted by atomic mass is 32.2. The Morgan fingerprint density at radius 1 is 0.913 bits per heavy atom. The van der Waals surface area contributed by atoms with Crippen molar-refractivity contribution in [1.82, 2.24) is 10.5 Å². The van der Waals surface area contributed by atoms with E-state index in [-0.39, 0.29) is 23.4 Å². The lowest BCUT2D eigenvalue weighted by atomic mass is 9.83. The van der Waals surface area contributed by atoms with Crippen molar-refractivity contribution in [2.24, 2.45) is 0 Å². The lowest BCUT2D eigenvalue weighted by Crippen LogP contribution is -2.28. The Morgan fingerprint density at radius 3 is 2.26 bits per heavy atom. The molecule has 10 heteroatoms. The highest BCUT2D eigenvalue weighted by Crippen LogP contribution is 2.34. The summed E-state index contributed by atoms with van der Waals surface area (Å²) in [7, 11) is -4.18. The Kier molecular flexibility index (Phi) is 9.50. The molecular formula is C36H34F2N2O5S. The van der Waals surface area contributed by atoms with Gasteiger partial charge in [-0.25, -0.2) is 8.78 Å². The van der Waals surface area contributed by atoms with Crippen LogP contribution in [-0.4, -0.2) is 36.3 Å². The van der Waals surface area contributed by atoms with Gasteiger partial charge in [0.15, 0.2) is 5.76 Å². The fourth-order valence-electron chi connectivity index (χ4n) is 5.18. The second-order valence-electron chi connectivity index (χ2n) is 12.2. The van der Waals surface area contributed by atoms with Crippen LogP contribution in [0.4, 0.5) is 8.78 Å². The maximum absolute atomic E-state index is 14.5. The minimum atomic E-state index is -4.18. The van der Waals surface area contributed by atoms with Gasteiger partial charge in [0.2, 0.25) is 0 Å². The first-order chi connectivity index (χ1) is 21.8. The summed E-state index contributed by atoms with van der Waals surface area (Å²) in [5, 5.41) is 6.92. The number of carbonyl (C=O) groups excluding carboxylic acids is 1. The number of carbonyl (C=O) groups is 1. The predicted molar refractivity (Wildman–Crippen MR) is 173 cm³/mol. The van der Waals surface area contributed by atoms with Gasteiger partial charge < -0.3 is 9.84 Å². The van der Waals surface area contributed by atoms with E-state index in [2.05, 4.69) is 55.5 Å². The summed E-state index contributed by atoms with van der Waals surface area (Å²) in [4.78, 5) is 12.5. The van der Waals surface area contributed by atoms with Crippen molar-refractivity contribution in [3.05, 3.63) is 137 Å². The first-order valence-corrected chi connectivity index (χ1v) is 16.3. The molecule has 2 N–H and O–H groups in total. The van der Waals surface area contributed by atoms with Crippen LogP contribution in [-0.2, 0) is 22.0 Å². The molecule has 1 amide bonds. The van der Waals surface area contributed by atoms with Crippen LogP contribution >= 0.6 is 0 Å². The second-order valence-corrected chi connectivity index (χ2v) is 13.8. The number of benzene rings is 4. The SMILES string of the molecule is CC(C)(C)c1ccc(C(Cc2ccc(C(=O)NCCS(=O)(=O)O)cc2)c2cc(-c3cccc(-c4ccc(F)cc4F)c3)on2)cc1. The van der Waals surface area contributed by atoms with Crippen molar-refractivity contribution in [3.8, 4) is 22.5 Å². The van der Waals surface area contributed by atoms with E-state index in [1.54, 1.807) is 30.3 Å². The van der Waals surface area contributed by atoms with E-state index >= 15 is 0 Å². The molecule has 0 aliphatic rings. The van der Waals surface area contributed by atoms with Crippen LogP contribution < -0.4 is 5.32 Å². The van der Waals surface area contributed by atoms with Crippen molar-refractivity contribution in [2.75, 3.05) is 12.3 Å². The number of hydrogen-bond donors (Lipinski definition) is 2. The van der Waals surface area contributed by atoms with Crippen molar-refractivity contribution in [3.63, 3.8) is 0 Å². The number of rotatable bonds is 10. The molecule has 0 aliphatic carbocycles. The molecule has 4 aromatic carbocycles. The average molecular weight is 645 g/mol. The van der Waals surface area contributed by atoms with Gasteiger partial charge in [0.05, 0.1) is 11.4 Å². The van der Waals surface area contributed by atoms with E-state index in [0.29, 0.717) is 34.6 Å². The van der Waals surface area contributed by atoms with Gasteiger partial charge in [-0.1, -0.05) is 80.5 Å². The van der Waals surface area contributed by atoms with Gasteiger partial charge >= 0.3 is 0 Å². The molecule has 0 spiro atoms. The van der Waals surface area contributed by atoms with Gasteiger partial charge in [0.25, 0.3) is 16.0 Å². The van der Waals surface area contributed by atoms with E-state index in [1.807, 2.05) is 24.3 Å². The molecule has 0 saturated carbocycles. The molecule has 5 rings (SSSR count). The minimum absolute atomic E-state index is 0.0259. The zero-order chi connectivity index (χ0) is 33.1. The molecular weight excluding hydrogens is 610 g/mol. The molecule has 0 fully saturated rings. The quantitative estimate of drug-likeness (QED) is 0.152. The molecule has 0 aliphatic heterocycles. The molecule has 0 saturated heterocycles. The van der Waals surface area contributed by atoms with Gasteiger partial charge in [-0.15, -0.1) is 0 Å². The first kappa shape index (κ1) is 32.7. The van der Waals surface area contributed by atoms with Gasteiger partial charge in [-0.3, -0.25) is 9.35 Å². The van der Waals surface area contributed by atoms with Crippen LogP contribution in [0.25, 0.3) is 22.5 Å². The highest BCUT2D eigenvalue weighted by Gasteiger charge is 2.22. The number of nitrogens with zero attached hydrogens (tertiary/aromatic N) is 1. The third-order valence-electron chi connectivity index (χ3n) is 7.76. The number of hydrogen-bond acceptors (Lipinski definition) is 5. The summed E-state index contributed by atoms with van der Waals surface area (Å²) in [6.07, 6.45) is 0.534. The molecule has 1 aromatic heterocycles. The Hall–Kier alpha value is -4.67. The number of aromatic nitrogens is 1. The zero-order valence-corrected chi connectivity index (χ0v) is 26.4. The first-order valence-electron chi connectivity index (χ1n) is 14.7. The van der Waals surface area contributed by atoms with Crippen molar-refractivity contribution in [2.45, 2.75) is 38.5 Å². The van der Waals surface area contributed by atoms with Crippen molar-refractivity contribution >= 4 is 16.0 Å². The largest absolute Gasteiger partial charge is 0.356 e. The topological polar surface area (TPSA) is 110 Å². The lowest BCUT2D eigenvalue weighted by Gasteiger charge is -2.21. The van der Waals surface area contributed by atoms with Crippen molar-refractivity contribution in [1.29, 1.82) is 0 Å². The molecule has 1 atom stereocenters. The standard InChI is InChI=1S/C36H34F2N2O5S/c1-36(2,3)28-13-11-24(12-14-28)31(19-23-7-9-25(10-8-23)35(41)39-17-18-46(42,43)44)33-22-34(45-40-33)27-6-4-5-26(20-27)30-16-15-29(37)21-32(30)38/h4-16,20-22,31H,17-19H2,1-3H3,(H,39,41)(H,42,43,44). The molecule has 46 heavy (non-hydrogen) atoms. The van der Waals surface area contributed by atoms with E-state index in [0.717, 1.165) is 17.2 Å². The van der Waals surface area contributed by atoms with Crippen molar-refractivity contribution < 1.29 is 31.1 Å². The van der Waals surface area contributed by atoms with Crippen LogP contribution in [0.5, 0.6) is 0 Å². The molecule has 0 bridgehead atoms. The molecule has 5 aromatic rings. The Morgan fingerprint density at radius 2 is 1.61 bits per heavy atom. The highest BCUT2D eigenvalue weighted by molar-refractivity contribution is 7.85. The van der Waals surface area contributed by atoms with Gasteiger partial charge in [-0.05, 0) is 64.4 Å². The van der Waals surface area contributed by atoms with Crippen LogP contribution in [0.2, 0.25) is 0 Å². The maximum Gasteiger partial charge on any atom is 0.266 e. The summed E-state index contributed by atoms with van der Waals surface area (Å²) in [5.41, 5.74) is 5.67. The summed E-state index contributed by atoms with van der Waals surface area (Å²) in [6, 6.07) is 27.8. The zero-order valence-electron chi connectivity index (χ0n) is 25.6. The van der Waals surface area contributed by atoms with Crippen LogP contribution in [0.3, 0.4) is 0 Å².